The van der Waals surface area contributed by atoms with E-state index in [0.717, 1.165) is 23.2 Å². The van der Waals surface area contributed by atoms with E-state index in [1.54, 1.807) is 0 Å². The van der Waals surface area contributed by atoms with Crippen LogP contribution in [0.15, 0.2) is 46.9 Å². The zero-order chi connectivity index (χ0) is 15.5. The van der Waals surface area contributed by atoms with E-state index in [1.807, 2.05) is 25.2 Å². The monoisotopic (exact) mass is 296 g/mol. The lowest BCUT2D eigenvalue weighted by atomic mass is 10.1. The topological polar surface area (TPSA) is 81.3 Å². The molecule has 0 radical (unpaired) electrons. The van der Waals surface area contributed by atoms with Gasteiger partial charge in [-0.2, -0.15) is 0 Å². The first-order valence-electron chi connectivity index (χ1n) is 7.31. The van der Waals surface area contributed by atoms with E-state index in [1.165, 1.54) is 5.56 Å². The van der Waals surface area contributed by atoms with E-state index in [0.29, 0.717) is 24.7 Å². The number of nitrogen functional groups attached to an aromatic ring is 1. The Morgan fingerprint density at radius 1 is 1.14 bits per heavy atom. The lowest BCUT2D eigenvalue weighted by Crippen LogP contribution is -2.16. The molecule has 1 heterocycles. The van der Waals surface area contributed by atoms with Crippen LogP contribution in [0.2, 0.25) is 0 Å². The van der Waals surface area contributed by atoms with Gasteiger partial charge in [0.15, 0.2) is 5.58 Å². The van der Waals surface area contributed by atoms with E-state index in [9.17, 15) is 0 Å². The predicted octanol–water partition coefficient (Wildman–Crippen LogP) is 2.55. The number of hydrogen-bond donors (Lipinski definition) is 2. The first-order valence-corrected chi connectivity index (χ1v) is 7.31. The fraction of sp³-hybridized carbons (Fsp3) is 0.235. The third kappa shape index (κ3) is 3.04. The van der Waals surface area contributed by atoms with Crippen LogP contribution in [-0.2, 0) is 13.0 Å². The largest absolute Gasteiger partial charge is 0.439 e. The van der Waals surface area contributed by atoms with Crippen LogP contribution >= 0.6 is 0 Å². The highest BCUT2D eigenvalue weighted by atomic mass is 16.3. The van der Waals surface area contributed by atoms with Crippen molar-refractivity contribution in [3.8, 4) is 0 Å². The maximum atomic E-state index is 5.76. The van der Waals surface area contributed by atoms with E-state index in [2.05, 4.69) is 34.1 Å². The van der Waals surface area contributed by atoms with Crippen LogP contribution in [0.4, 0.5) is 11.4 Å². The molecule has 22 heavy (non-hydrogen) atoms. The number of anilines is 2. The van der Waals surface area contributed by atoms with Crippen molar-refractivity contribution in [2.75, 3.05) is 24.2 Å². The molecule has 0 aliphatic carbocycles. The minimum absolute atomic E-state index is 0.602. The summed E-state index contributed by atoms with van der Waals surface area (Å²) < 4.78 is 5.75. The number of rotatable bonds is 5. The molecule has 114 valence electrons. The van der Waals surface area contributed by atoms with Crippen molar-refractivity contribution in [1.82, 2.24) is 4.98 Å². The second-order valence-electron chi connectivity index (χ2n) is 5.40. The molecule has 5 heteroatoms. The number of benzene rings is 2. The fourth-order valence-electron chi connectivity index (χ4n) is 2.44. The summed E-state index contributed by atoms with van der Waals surface area (Å²) in [5, 5.41) is 0. The van der Waals surface area contributed by atoms with Crippen molar-refractivity contribution in [1.29, 1.82) is 0 Å². The zero-order valence-electron chi connectivity index (χ0n) is 12.6. The van der Waals surface area contributed by atoms with Crippen LogP contribution in [0.5, 0.6) is 0 Å². The number of fused-ring (bicyclic) bond motifs is 1. The Labute approximate surface area is 129 Å². The number of hydrogen-bond acceptors (Lipinski definition) is 5. The average Bonchev–Trinajstić information content (AvgIpc) is 2.89. The fourth-order valence-corrected chi connectivity index (χ4v) is 2.44. The number of nitrogens with two attached hydrogens (primary N) is 2. The number of nitrogens with zero attached hydrogens (tertiary/aromatic N) is 2. The van der Waals surface area contributed by atoms with Crippen molar-refractivity contribution in [2.45, 2.75) is 13.0 Å². The van der Waals surface area contributed by atoms with Crippen molar-refractivity contribution in [3.05, 3.63) is 53.9 Å². The van der Waals surface area contributed by atoms with E-state index < -0.39 is 0 Å². The van der Waals surface area contributed by atoms with Gasteiger partial charge in [-0.3, -0.25) is 0 Å². The summed E-state index contributed by atoms with van der Waals surface area (Å²) in [5.74, 6) is 0.675. The van der Waals surface area contributed by atoms with E-state index in [-0.39, 0.29) is 0 Å². The molecule has 0 fully saturated rings. The molecule has 4 N–H and O–H groups in total. The van der Waals surface area contributed by atoms with Gasteiger partial charge in [-0.05, 0) is 48.9 Å². The lowest BCUT2D eigenvalue weighted by molar-refractivity contribution is 0.527. The molecule has 3 aromatic rings. The van der Waals surface area contributed by atoms with E-state index in [4.69, 9.17) is 15.9 Å². The molecule has 0 aliphatic heterocycles. The summed E-state index contributed by atoms with van der Waals surface area (Å²) in [7, 11) is 2.02. The summed E-state index contributed by atoms with van der Waals surface area (Å²) in [6.45, 7) is 1.27. The van der Waals surface area contributed by atoms with Crippen molar-refractivity contribution < 1.29 is 4.42 Å². The molecule has 5 nitrogen and oxygen atoms in total. The van der Waals surface area contributed by atoms with Gasteiger partial charge in [-0.1, -0.05) is 12.1 Å². The zero-order valence-corrected chi connectivity index (χ0v) is 12.6. The summed E-state index contributed by atoms with van der Waals surface area (Å²) in [4.78, 5) is 6.58. The highest BCUT2D eigenvalue weighted by molar-refractivity contribution is 5.76. The number of aromatic nitrogens is 1. The Kier molecular flexibility index (Phi) is 3.98. The van der Waals surface area contributed by atoms with Crippen LogP contribution in [0.3, 0.4) is 0 Å². The van der Waals surface area contributed by atoms with Gasteiger partial charge >= 0.3 is 0 Å². The highest BCUT2D eigenvalue weighted by Gasteiger charge is 2.09. The Morgan fingerprint density at radius 2 is 1.91 bits per heavy atom. The van der Waals surface area contributed by atoms with Gasteiger partial charge in [0.2, 0.25) is 5.89 Å². The van der Waals surface area contributed by atoms with Crippen LogP contribution in [0.25, 0.3) is 11.1 Å². The van der Waals surface area contributed by atoms with Gasteiger partial charge in [0.1, 0.15) is 5.52 Å². The maximum Gasteiger partial charge on any atom is 0.215 e. The smallest absolute Gasteiger partial charge is 0.215 e. The van der Waals surface area contributed by atoms with Crippen LogP contribution in [0.1, 0.15) is 11.5 Å². The van der Waals surface area contributed by atoms with Gasteiger partial charge in [0, 0.05) is 18.4 Å². The molecule has 0 unspecified atom stereocenters. The standard InChI is InChI=1S/C17H20N4O/c1-21(14-5-2-12(3-6-14)8-9-18)11-17-20-15-10-13(19)4-7-16(15)22-17/h2-7,10H,8-9,11,18-19H2,1H3. The molecular weight excluding hydrogens is 276 g/mol. The second-order valence-corrected chi connectivity index (χ2v) is 5.40. The minimum Gasteiger partial charge on any atom is -0.439 e. The Bertz CT molecular complexity index is 764. The summed E-state index contributed by atoms with van der Waals surface area (Å²) in [6.07, 6.45) is 0.899. The Morgan fingerprint density at radius 3 is 2.64 bits per heavy atom. The normalized spacial score (nSPS) is 11.0. The molecule has 0 spiro atoms. The first-order chi connectivity index (χ1) is 10.7. The summed E-state index contributed by atoms with van der Waals surface area (Å²) >= 11 is 0. The van der Waals surface area contributed by atoms with Crippen LogP contribution in [-0.4, -0.2) is 18.6 Å². The van der Waals surface area contributed by atoms with Gasteiger partial charge < -0.3 is 20.8 Å². The predicted molar refractivity (Wildman–Crippen MR) is 89.7 cm³/mol. The maximum absolute atomic E-state index is 5.76. The van der Waals surface area contributed by atoms with E-state index >= 15 is 0 Å². The number of oxazole rings is 1. The Balaban J connectivity index is 1.75. The summed E-state index contributed by atoms with van der Waals surface area (Å²) in [6, 6.07) is 13.9. The van der Waals surface area contributed by atoms with Gasteiger partial charge in [-0.15, -0.1) is 0 Å². The molecule has 2 aromatic carbocycles. The molecule has 1 aromatic heterocycles. The molecule has 3 rings (SSSR count). The quantitative estimate of drug-likeness (QED) is 0.707. The van der Waals surface area contributed by atoms with Gasteiger partial charge in [0.25, 0.3) is 0 Å². The van der Waals surface area contributed by atoms with Gasteiger partial charge in [0.05, 0.1) is 6.54 Å². The molecule has 0 bridgehead atoms. The SMILES string of the molecule is CN(Cc1nc2cc(N)ccc2o1)c1ccc(CCN)cc1. The summed E-state index contributed by atoms with van der Waals surface area (Å²) in [5.41, 5.74) is 15.9. The molecule has 0 saturated carbocycles. The van der Waals surface area contributed by atoms with Crippen LogP contribution in [0, 0.1) is 0 Å². The molecule has 0 aliphatic rings. The molecule has 0 amide bonds. The minimum atomic E-state index is 0.602. The molecule has 0 saturated heterocycles. The highest BCUT2D eigenvalue weighted by Crippen LogP contribution is 2.21. The molecule has 0 atom stereocenters. The third-order valence-corrected chi connectivity index (χ3v) is 3.64. The second kappa shape index (κ2) is 6.07. The lowest BCUT2D eigenvalue weighted by Gasteiger charge is -2.17. The van der Waals surface area contributed by atoms with Crippen molar-refractivity contribution in [3.63, 3.8) is 0 Å². The van der Waals surface area contributed by atoms with Gasteiger partial charge in [-0.25, -0.2) is 4.98 Å². The van der Waals surface area contributed by atoms with Crippen LogP contribution < -0.4 is 16.4 Å². The first kappa shape index (κ1) is 14.4. The van der Waals surface area contributed by atoms with Crippen molar-refractivity contribution >= 4 is 22.5 Å². The van der Waals surface area contributed by atoms with Crippen molar-refractivity contribution in [2.24, 2.45) is 5.73 Å². The third-order valence-electron chi connectivity index (χ3n) is 3.64. The molecular formula is C17H20N4O. The average molecular weight is 296 g/mol. The Hall–Kier alpha value is -2.53.